The third kappa shape index (κ3) is 16.1. The number of nitrogens with zero attached hydrogens (tertiary/aromatic N) is 2. The van der Waals surface area contributed by atoms with E-state index in [0.717, 1.165) is 0 Å². The van der Waals surface area contributed by atoms with Gasteiger partial charge in [-0.3, -0.25) is 0 Å². The highest BCUT2D eigenvalue weighted by Crippen LogP contribution is 2.12. The van der Waals surface area contributed by atoms with E-state index in [1.165, 1.54) is 165 Å². The fourth-order valence-electron chi connectivity index (χ4n) is 5.91. The lowest BCUT2D eigenvalue weighted by molar-refractivity contribution is -0.697. The molecule has 0 spiro atoms. The molecule has 0 saturated heterocycles. The molecule has 1 aliphatic rings. The lowest BCUT2D eigenvalue weighted by Crippen LogP contribution is -2.33. The predicted molar refractivity (Wildman–Crippen MR) is 171 cm³/mol. The van der Waals surface area contributed by atoms with Crippen LogP contribution in [0.2, 0.25) is 0 Å². The fraction of sp³-hybridized carbons (Fsp3) is 0.632. The Balaban J connectivity index is 1.36. The zero-order valence-corrected chi connectivity index (χ0v) is 25.8. The van der Waals surface area contributed by atoms with Crippen molar-refractivity contribution >= 4 is 0 Å². The number of rotatable bonds is 0. The van der Waals surface area contributed by atoms with Crippen LogP contribution in [-0.2, 0) is 25.9 Å². The van der Waals surface area contributed by atoms with Gasteiger partial charge in [0.05, 0.1) is 0 Å². The molecule has 0 saturated carbocycles. The number of hydrogen-bond donors (Lipinski definition) is 0. The van der Waals surface area contributed by atoms with Crippen molar-refractivity contribution in [2.45, 2.75) is 154 Å². The van der Waals surface area contributed by atoms with Gasteiger partial charge < -0.3 is 0 Å². The molecule has 3 rings (SSSR count). The normalized spacial score (nSPS) is 21.0. The standard InChI is InChI=1S/C38H60N2/c1-3-7-11-15-19-23-31-39-33-26-30-38(36-39)28-22-18-14-10-6-2-4-8-12-16-20-24-32-40-34-25-29-37(35-40)27-21-17-13-9-5-1/h1-4,25-26,29-30,33-36H,5-24,27-28,31-32H2/q+2/b3-1-,4-2-. The first-order valence-electron chi connectivity index (χ1n) is 17.2. The average molecular weight is 545 g/mol. The Morgan fingerprint density at radius 2 is 0.725 bits per heavy atom. The molecule has 0 amide bonds. The molecule has 1 aliphatic heterocycles. The number of fused-ring (bicyclic) bond motifs is 4. The Kier molecular flexibility index (Phi) is 18.1. The Labute approximate surface area is 247 Å². The van der Waals surface area contributed by atoms with Gasteiger partial charge in [0.15, 0.2) is 24.8 Å². The molecule has 4 bridgehead atoms. The van der Waals surface area contributed by atoms with E-state index < -0.39 is 0 Å². The summed E-state index contributed by atoms with van der Waals surface area (Å²) in [6, 6.07) is 9.13. The Bertz CT molecular complexity index is 800. The van der Waals surface area contributed by atoms with Crippen LogP contribution in [-0.4, -0.2) is 0 Å². The van der Waals surface area contributed by atoms with Crippen LogP contribution in [0.5, 0.6) is 0 Å². The molecular weight excluding hydrogens is 484 g/mol. The summed E-state index contributed by atoms with van der Waals surface area (Å²) in [5.74, 6) is 0. The van der Waals surface area contributed by atoms with E-state index in [1.807, 2.05) is 0 Å². The summed E-state index contributed by atoms with van der Waals surface area (Å²) in [6.07, 6.45) is 48.0. The van der Waals surface area contributed by atoms with Crippen LogP contribution in [0.25, 0.3) is 0 Å². The molecule has 0 aliphatic carbocycles. The van der Waals surface area contributed by atoms with Crippen molar-refractivity contribution < 1.29 is 9.13 Å². The van der Waals surface area contributed by atoms with E-state index in [-0.39, 0.29) is 0 Å². The van der Waals surface area contributed by atoms with Crippen molar-refractivity contribution in [1.29, 1.82) is 0 Å². The second kappa shape index (κ2) is 22.5. The zero-order valence-electron chi connectivity index (χ0n) is 25.8. The van der Waals surface area contributed by atoms with E-state index in [4.69, 9.17) is 0 Å². The molecule has 2 aromatic rings. The minimum Gasteiger partial charge on any atom is -0.205 e. The predicted octanol–water partition coefficient (Wildman–Crippen LogP) is 9.97. The molecule has 0 aromatic carbocycles. The second-order valence-electron chi connectivity index (χ2n) is 12.2. The maximum absolute atomic E-state index is 2.43. The molecule has 2 nitrogen and oxygen atoms in total. The summed E-state index contributed by atoms with van der Waals surface area (Å²) in [5.41, 5.74) is 3.02. The second-order valence-corrected chi connectivity index (χ2v) is 12.2. The molecule has 220 valence electrons. The van der Waals surface area contributed by atoms with Gasteiger partial charge in [-0.1, -0.05) is 62.8 Å². The number of aryl methyl sites for hydroxylation is 4. The van der Waals surface area contributed by atoms with Crippen molar-refractivity contribution in [2.24, 2.45) is 0 Å². The van der Waals surface area contributed by atoms with Crippen molar-refractivity contribution in [1.82, 2.24) is 0 Å². The van der Waals surface area contributed by atoms with E-state index in [9.17, 15) is 0 Å². The number of hydrogen-bond acceptors (Lipinski definition) is 0. The molecule has 2 aromatic heterocycles. The Morgan fingerprint density at radius 1 is 0.375 bits per heavy atom. The molecule has 40 heavy (non-hydrogen) atoms. The van der Waals surface area contributed by atoms with Gasteiger partial charge in [-0.15, -0.1) is 0 Å². The summed E-state index contributed by atoms with van der Waals surface area (Å²) >= 11 is 0. The molecule has 0 N–H and O–H groups in total. The van der Waals surface area contributed by atoms with Crippen LogP contribution in [0.4, 0.5) is 0 Å². The van der Waals surface area contributed by atoms with Crippen molar-refractivity contribution in [3.63, 3.8) is 0 Å². The maximum Gasteiger partial charge on any atom is 0.171 e. The van der Waals surface area contributed by atoms with Gasteiger partial charge >= 0.3 is 0 Å². The van der Waals surface area contributed by atoms with Crippen LogP contribution in [0.1, 0.15) is 140 Å². The van der Waals surface area contributed by atoms with Crippen LogP contribution in [0, 0.1) is 0 Å². The highest BCUT2D eigenvalue weighted by molar-refractivity contribution is 5.06. The third-order valence-corrected chi connectivity index (χ3v) is 8.42. The number of aromatic nitrogens is 2. The number of allylic oxidation sites excluding steroid dienone is 4. The third-order valence-electron chi connectivity index (χ3n) is 8.42. The van der Waals surface area contributed by atoms with Crippen LogP contribution in [0.3, 0.4) is 0 Å². The van der Waals surface area contributed by atoms with Crippen LogP contribution in [0.15, 0.2) is 73.4 Å². The summed E-state index contributed by atoms with van der Waals surface area (Å²) in [6.45, 7) is 2.33. The first-order chi connectivity index (χ1) is 19.9. The summed E-state index contributed by atoms with van der Waals surface area (Å²) in [7, 11) is 0. The highest BCUT2D eigenvalue weighted by atomic mass is 14.9. The molecule has 0 unspecified atom stereocenters. The first kappa shape index (κ1) is 32.3. The summed E-state index contributed by atoms with van der Waals surface area (Å²) < 4.78 is 4.84. The largest absolute Gasteiger partial charge is 0.205 e. The quantitative estimate of drug-likeness (QED) is 0.230. The van der Waals surface area contributed by atoms with E-state index in [0.29, 0.717) is 0 Å². The Morgan fingerprint density at radius 3 is 1.12 bits per heavy atom. The monoisotopic (exact) mass is 544 g/mol. The minimum absolute atomic E-state index is 1.17. The van der Waals surface area contributed by atoms with Gasteiger partial charge in [-0.05, 0) is 102 Å². The smallest absolute Gasteiger partial charge is 0.171 e. The van der Waals surface area contributed by atoms with Gasteiger partial charge in [-0.2, -0.15) is 0 Å². The van der Waals surface area contributed by atoms with E-state index >= 15 is 0 Å². The van der Waals surface area contributed by atoms with Crippen molar-refractivity contribution in [3.05, 3.63) is 84.5 Å². The highest BCUT2D eigenvalue weighted by Gasteiger charge is 2.04. The SMILES string of the molecule is C1=C\CCCCCC[n+]2cccc(c2)CCCCCC/C=C\CCCCCC[n+]2cccc(c2)CCCCCC/1. The van der Waals surface area contributed by atoms with Crippen LogP contribution >= 0.6 is 0 Å². The summed E-state index contributed by atoms with van der Waals surface area (Å²) in [4.78, 5) is 0. The molecule has 0 radical (unpaired) electrons. The summed E-state index contributed by atoms with van der Waals surface area (Å²) in [5, 5.41) is 0. The van der Waals surface area contributed by atoms with Gasteiger partial charge in [0, 0.05) is 36.1 Å². The van der Waals surface area contributed by atoms with Gasteiger partial charge in [0.2, 0.25) is 0 Å². The zero-order chi connectivity index (χ0) is 27.8. The molecule has 2 heteroatoms. The van der Waals surface area contributed by atoms with Gasteiger partial charge in [0.1, 0.15) is 13.1 Å². The molecule has 3 heterocycles. The minimum atomic E-state index is 1.17. The first-order valence-corrected chi connectivity index (χ1v) is 17.2. The topological polar surface area (TPSA) is 7.76 Å². The fourth-order valence-corrected chi connectivity index (χ4v) is 5.91. The van der Waals surface area contributed by atoms with Crippen LogP contribution < -0.4 is 9.13 Å². The van der Waals surface area contributed by atoms with Gasteiger partial charge in [0.25, 0.3) is 0 Å². The van der Waals surface area contributed by atoms with Crippen molar-refractivity contribution in [3.8, 4) is 0 Å². The average Bonchev–Trinajstić information content (AvgIpc) is 2.97. The maximum atomic E-state index is 2.43. The lowest BCUT2D eigenvalue weighted by atomic mass is 10.1. The van der Waals surface area contributed by atoms with Gasteiger partial charge in [-0.25, -0.2) is 9.13 Å². The number of pyridine rings is 2. The molecular formula is C38H60N2+2. The van der Waals surface area contributed by atoms with E-state index in [2.05, 4.69) is 82.5 Å². The molecule has 0 fully saturated rings. The molecule has 0 atom stereocenters. The van der Waals surface area contributed by atoms with Crippen molar-refractivity contribution in [2.75, 3.05) is 0 Å². The van der Waals surface area contributed by atoms with E-state index in [1.54, 1.807) is 0 Å². The Hall–Kier alpha value is -2.22. The lowest BCUT2D eigenvalue weighted by Gasteiger charge is -2.03.